The summed E-state index contributed by atoms with van der Waals surface area (Å²) in [4.78, 5) is 59.9. The molecule has 172 valence electrons. The number of carboxylic acids is 1. The number of H-pyrrole nitrogens is 1. The van der Waals surface area contributed by atoms with Crippen LogP contribution in [-0.4, -0.2) is 56.4 Å². The summed E-state index contributed by atoms with van der Waals surface area (Å²) >= 11 is 0. The summed E-state index contributed by atoms with van der Waals surface area (Å²) in [6.45, 7) is -0.709. The van der Waals surface area contributed by atoms with E-state index in [4.69, 9.17) is 5.73 Å². The highest BCUT2D eigenvalue weighted by atomic mass is 16.4. The Balaban J connectivity index is 1.81. The molecule has 2 aromatic carbocycles. The summed E-state index contributed by atoms with van der Waals surface area (Å²) in [6, 6.07) is 13.4. The molecule has 33 heavy (non-hydrogen) atoms. The number of hydrogen-bond donors (Lipinski definition) is 5. The average molecular weight is 454 g/mol. The van der Waals surface area contributed by atoms with Crippen molar-refractivity contribution in [2.45, 2.75) is 12.5 Å². The highest BCUT2D eigenvalue weighted by molar-refractivity contribution is 5.88. The molecule has 0 fully saturated rings. The molecule has 1 atom stereocenters. The summed E-state index contributed by atoms with van der Waals surface area (Å²) < 4.78 is 2.03. The molecule has 0 spiro atoms. The molecule has 6 N–H and O–H groups in total. The molecule has 3 aromatic rings. The van der Waals surface area contributed by atoms with Crippen LogP contribution in [0.1, 0.15) is 5.56 Å². The minimum absolute atomic E-state index is 0.0991. The van der Waals surface area contributed by atoms with Crippen molar-refractivity contribution in [3.05, 3.63) is 81.1 Å². The van der Waals surface area contributed by atoms with Crippen LogP contribution in [0.15, 0.2) is 64.2 Å². The van der Waals surface area contributed by atoms with Crippen molar-refractivity contribution in [1.82, 2.24) is 25.0 Å². The zero-order valence-corrected chi connectivity index (χ0v) is 17.4. The number of carbonyl (C=O) groups is 3. The average Bonchev–Trinajstić information content (AvgIpc) is 3.11. The number of para-hydroxylation sites is 1. The number of carboxylic acid groups (broad SMARTS) is 1. The van der Waals surface area contributed by atoms with Gasteiger partial charge in [0, 0.05) is 6.42 Å². The minimum Gasteiger partial charge on any atom is -0.480 e. The van der Waals surface area contributed by atoms with E-state index in [1.165, 1.54) is 6.07 Å². The highest BCUT2D eigenvalue weighted by Crippen LogP contribution is 2.11. The van der Waals surface area contributed by atoms with Crippen LogP contribution in [0.4, 0.5) is 0 Å². The summed E-state index contributed by atoms with van der Waals surface area (Å²) in [7, 11) is 0. The molecule has 12 heteroatoms. The second-order valence-corrected chi connectivity index (χ2v) is 7.02. The predicted molar refractivity (Wildman–Crippen MR) is 117 cm³/mol. The van der Waals surface area contributed by atoms with Gasteiger partial charge in [-0.25, -0.2) is 28.7 Å². The molecule has 0 saturated heterocycles. The van der Waals surface area contributed by atoms with Crippen LogP contribution in [-0.2, 0) is 20.8 Å². The summed E-state index contributed by atoms with van der Waals surface area (Å²) in [5.74, 6) is -2.52. The minimum atomic E-state index is -1.28. The predicted octanol–water partition coefficient (Wildman–Crippen LogP) is -1.50. The number of nitrogens with two attached hydrogens (primary N) is 1. The molecule has 3 rings (SSSR count). The van der Waals surface area contributed by atoms with Crippen LogP contribution in [0.2, 0.25) is 0 Å². The van der Waals surface area contributed by atoms with Crippen molar-refractivity contribution in [3.8, 4) is 11.4 Å². The van der Waals surface area contributed by atoms with Gasteiger partial charge in [-0.15, -0.1) is 0 Å². The lowest BCUT2D eigenvalue weighted by molar-refractivity contribution is -0.141. The van der Waals surface area contributed by atoms with Gasteiger partial charge < -0.3 is 21.5 Å². The summed E-state index contributed by atoms with van der Waals surface area (Å²) in [5.41, 5.74) is 5.09. The van der Waals surface area contributed by atoms with Gasteiger partial charge in [-0.1, -0.05) is 30.3 Å². The molecule has 0 saturated carbocycles. The number of amides is 2. The second kappa shape index (κ2) is 10.2. The van der Waals surface area contributed by atoms with Gasteiger partial charge in [0.2, 0.25) is 11.8 Å². The normalized spacial score (nSPS) is 11.5. The van der Waals surface area contributed by atoms with Gasteiger partial charge in [0.15, 0.2) is 0 Å². The molecule has 12 nitrogen and oxygen atoms in total. The number of aromatic nitrogens is 3. The van der Waals surface area contributed by atoms with Gasteiger partial charge in [0.05, 0.1) is 24.5 Å². The topological polar surface area (TPSA) is 181 Å². The van der Waals surface area contributed by atoms with E-state index in [0.29, 0.717) is 16.9 Å². The Morgan fingerprint density at radius 3 is 2.36 bits per heavy atom. The highest BCUT2D eigenvalue weighted by Gasteiger charge is 2.21. The first kappa shape index (κ1) is 23.2. The van der Waals surface area contributed by atoms with Crippen LogP contribution in [0.25, 0.3) is 11.4 Å². The van der Waals surface area contributed by atoms with Gasteiger partial charge in [-0.2, -0.15) is 0 Å². The Labute approximate surface area is 186 Å². The van der Waals surface area contributed by atoms with E-state index in [0.717, 1.165) is 9.25 Å². The maximum absolute atomic E-state index is 12.8. The molecule has 0 aliphatic heterocycles. The van der Waals surface area contributed by atoms with Crippen LogP contribution in [0.5, 0.6) is 0 Å². The lowest BCUT2D eigenvalue weighted by Gasteiger charge is -2.15. The van der Waals surface area contributed by atoms with E-state index in [-0.39, 0.29) is 13.0 Å². The van der Waals surface area contributed by atoms with Gasteiger partial charge in [-0.3, -0.25) is 9.59 Å². The lowest BCUT2D eigenvalue weighted by Crippen LogP contribution is -2.47. The smallest absolute Gasteiger partial charge is 0.356 e. The van der Waals surface area contributed by atoms with Crippen LogP contribution >= 0.6 is 0 Å². The molecule has 0 aliphatic rings. The summed E-state index contributed by atoms with van der Waals surface area (Å²) in [5, 5.41) is 16.5. The van der Waals surface area contributed by atoms with E-state index >= 15 is 0 Å². The fourth-order valence-corrected chi connectivity index (χ4v) is 3.11. The van der Waals surface area contributed by atoms with Crippen molar-refractivity contribution >= 4 is 17.8 Å². The number of hydrogen-bond acceptors (Lipinski definition) is 6. The van der Waals surface area contributed by atoms with E-state index in [1.807, 2.05) is 0 Å². The Bertz CT molecular complexity index is 1280. The largest absolute Gasteiger partial charge is 0.480 e. The second-order valence-electron chi connectivity index (χ2n) is 7.02. The Hall–Kier alpha value is -4.45. The number of benzene rings is 2. The van der Waals surface area contributed by atoms with Crippen LogP contribution in [0.3, 0.4) is 0 Å². The van der Waals surface area contributed by atoms with Gasteiger partial charge in [-0.05, 0) is 29.8 Å². The molecular weight excluding hydrogens is 432 g/mol. The number of aromatic amines is 1. The lowest BCUT2D eigenvalue weighted by atomic mass is 10.1. The quantitative estimate of drug-likeness (QED) is 0.261. The molecule has 1 unspecified atom stereocenters. The SMILES string of the molecule is NCC(=O)NCC(=O)NC(Cc1cccc(-n2[nH]c(=O)n(-c3ccccc3)c2=O)c1)C(=O)O. The van der Waals surface area contributed by atoms with Crippen LogP contribution in [0, 0.1) is 0 Å². The van der Waals surface area contributed by atoms with Crippen molar-refractivity contribution in [3.63, 3.8) is 0 Å². The van der Waals surface area contributed by atoms with Gasteiger partial charge in [0.25, 0.3) is 0 Å². The molecule has 0 aliphatic carbocycles. The van der Waals surface area contributed by atoms with E-state index in [1.54, 1.807) is 48.5 Å². The van der Waals surface area contributed by atoms with E-state index < -0.39 is 41.7 Å². The Morgan fingerprint density at radius 1 is 1.00 bits per heavy atom. The molecule has 0 bridgehead atoms. The van der Waals surface area contributed by atoms with Gasteiger partial charge >= 0.3 is 17.3 Å². The van der Waals surface area contributed by atoms with E-state index in [2.05, 4.69) is 15.7 Å². The van der Waals surface area contributed by atoms with Gasteiger partial charge in [0.1, 0.15) is 6.04 Å². The first-order chi connectivity index (χ1) is 15.8. The monoisotopic (exact) mass is 454 g/mol. The Morgan fingerprint density at radius 2 is 1.70 bits per heavy atom. The maximum Gasteiger partial charge on any atom is 0.356 e. The first-order valence-electron chi connectivity index (χ1n) is 9.88. The standard InChI is InChI=1S/C21H22N6O6/c22-11-17(28)23-12-18(29)24-16(19(30)31)10-13-5-4-8-15(9-13)27-21(33)26(20(32)25-27)14-6-2-1-3-7-14/h1-9,16H,10-12,22H2,(H,23,28)(H,24,29)(H,25,32)(H,30,31). The third kappa shape index (κ3) is 5.62. The van der Waals surface area contributed by atoms with Crippen molar-refractivity contribution in [1.29, 1.82) is 0 Å². The third-order valence-electron chi connectivity index (χ3n) is 4.68. The van der Waals surface area contributed by atoms with Crippen molar-refractivity contribution in [2.75, 3.05) is 13.1 Å². The zero-order chi connectivity index (χ0) is 24.0. The molecule has 0 radical (unpaired) electrons. The Kier molecular flexibility index (Phi) is 7.20. The number of nitrogens with zero attached hydrogens (tertiary/aromatic N) is 2. The number of aliphatic carboxylic acids is 1. The fourth-order valence-electron chi connectivity index (χ4n) is 3.11. The molecule has 2 amide bonds. The van der Waals surface area contributed by atoms with Crippen molar-refractivity contribution in [2.24, 2.45) is 5.73 Å². The molecule has 1 aromatic heterocycles. The van der Waals surface area contributed by atoms with Crippen LogP contribution < -0.4 is 27.7 Å². The number of carbonyl (C=O) groups excluding carboxylic acids is 2. The molecular formula is C21H22N6O6. The van der Waals surface area contributed by atoms with E-state index in [9.17, 15) is 29.1 Å². The zero-order valence-electron chi connectivity index (χ0n) is 17.4. The third-order valence-corrected chi connectivity index (χ3v) is 4.68. The number of rotatable bonds is 9. The number of nitrogens with one attached hydrogen (secondary N) is 3. The fraction of sp³-hybridized carbons (Fsp3) is 0.190. The summed E-state index contributed by atoms with van der Waals surface area (Å²) in [6.07, 6.45) is -0.0991. The first-order valence-corrected chi connectivity index (χ1v) is 9.88. The van der Waals surface area contributed by atoms with Crippen molar-refractivity contribution < 1.29 is 19.5 Å². The maximum atomic E-state index is 12.8. The molecule has 1 heterocycles.